The van der Waals surface area contributed by atoms with Crippen molar-refractivity contribution in [3.63, 3.8) is 0 Å². The first-order chi connectivity index (χ1) is 13.7. The molecule has 0 aromatic heterocycles. The average Bonchev–Trinajstić information content (AvgIpc) is 2.74. The number of anilines is 1. The molecule has 0 saturated heterocycles. The lowest BCUT2D eigenvalue weighted by molar-refractivity contribution is 0.102. The third-order valence-electron chi connectivity index (χ3n) is 4.20. The number of hydrogen-bond donors (Lipinski definition) is 1. The molecule has 1 N–H and O–H groups in total. The van der Waals surface area contributed by atoms with E-state index in [-0.39, 0.29) is 5.91 Å². The van der Waals surface area contributed by atoms with Gasteiger partial charge in [0.05, 0.1) is 6.61 Å². The van der Waals surface area contributed by atoms with E-state index in [2.05, 4.69) is 12.2 Å². The number of unbranched alkanes of at least 4 members (excludes halogenated alkanes) is 1. The van der Waals surface area contributed by atoms with Gasteiger partial charge in [0, 0.05) is 17.3 Å². The van der Waals surface area contributed by atoms with E-state index in [0.29, 0.717) is 30.2 Å². The molecule has 0 bridgehead atoms. The number of carbonyl (C=O) groups excluding carboxylic acids is 1. The van der Waals surface area contributed by atoms with E-state index in [9.17, 15) is 4.79 Å². The topological polar surface area (TPSA) is 47.6 Å². The molecule has 0 spiro atoms. The minimum atomic E-state index is -0.184. The van der Waals surface area contributed by atoms with Crippen LogP contribution in [-0.4, -0.2) is 12.5 Å². The molecule has 1 amide bonds. The molecule has 3 aromatic rings. The van der Waals surface area contributed by atoms with Crippen molar-refractivity contribution < 1.29 is 14.3 Å². The van der Waals surface area contributed by atoms with Crippen LogP contribution in [-0.2, 0) is 6.61 Å². The highest BCUT2D eigenvalue weighted by molar-refractivity contribution is 6.04. The van der Waals surface area contributed by atoms with Crippen molar-refractivity contribution in [1.29, 1.82) is 0 Å². The maximum Gasteiger partial charge on any atom is 0.255 e. The maximum absolute atomic E-state index is 12.6. The Bertz CT molecular complexity index is 893. The zero-order valence-electron chi connectivity index (χ0n) is 16.1. The van der Waals surface area contributed by atoms with E-state index in [0.717, 1.165) is 24.2 Å². The van der Waals surface area contributed by atoms with Crippen LogP contribution in [0.25, 0.3) is 0 Å². The molecule has 3 rings (SSSR count). The average molecular weight is 375 g/mol. The molecule has 0 heterocycles. The van der Waals surface area contributed by atoms with Crippen LogP contribution < -0.4 is 14.8 Å². The largest absolute Gasteiger partial charge is 0.494 e. The number of benzene rings is 3. The zero-order chi connectivity index (χ0) is 19.6. The molecule has 0 aliphatic heterocycles. The molecule has 144 valence electrons. The highest BCUT2D eigenvalue weighted by Crippen LogP contribution is 2.20. The molecule has 0 saturated carbocycles. The van der Waals surface area contributed by atoms with E-state index in [4.69, 9.17) is 9.47 Å². The number of rotatable bonds is 9. The van der Waals surface area contributed by atoms with Crippen molar-refractivity contribution in [2.24, 2.45) is 0 Å². The van der Waals surface area contributed by atoms with Crippen LogP contribution in [0.15, 0.2) is 78.9 Å². The SMILES string of the molecule is CCCCOc1cccc(NC(=O)c2cccc(OCc3ccccc3)c2)c1. The lowest BCUT2D eigenvalue weighted by atomic mass is 10.2. The van der Waals surface area contributed by atoms with Crippen LogP contribution in [0.1, 0.15) is 35.7 Å². The summed E-state index contributed by atoms with van der Waals surface area (Å²) in [6, 6.07) is 24.6. The third-order valence-corrected chi connectivity index (χ3v) is 4.20. The first kappa shape index (κ1) is 19.5. The molecule has 0 aliphatic rings. The molecule has 0 fully saturated rings. The molecule has 4 heteroatoms. The molecular formula is C24H25NO3. The van der Waals surface area contributed by atoms with Gasteiger partial charge in [-0.05, 0) is 42.3 Å². The van der Waals surface area contributed by atoms with E-state index in [1.807, 2.05) is 66.7 Å². The quantitative estimate of drug-likeness (QED) is 0.488. The highest BCUT2D eigenvalue weighted by Gasteiger charge is 2.08. The standard InChI is InChI=1S/C24H25NO3/c1-2-3-15-27-23-14-8-12-21(17-23)25-24(26)20-11-7-13-22(16-20)28-18-19-9-5-4-6-10-19/h4-14,16-17H,2-3,15,18H2,1H3,(H,25,26). The number of ether oxygens (including phenoxy) is 2. The molecule has 0 unspecified atom stereocenters. The second-order valence-electron chi connectivity index (χ2n) is 6.49. The van der Waals surface area contributed by atoms with Crippen molar-refractivity contribution in [1.82, 2.24) is 0 Å². The van der Waals surface area contributed by atoms with Gasteiger partial charge in [0.1, 0.15) is 18.1 Å². The Morgan fingerprint density at radius 2 is 1.61 bits per heavy atom. The summed E-state index contributed by atoms with van der Waals surface area (Å²) in [5.41, 5.74) is 2.33. The molecular weight excluding hydrogens is 350 g/mol. The molecule has 3 aromatic carbocycles. The van der Waals surface area contributed by atoms with E-state index in [1.54, 1.807) is 12.1 Å². The van der Waals surface area contributed by atoms with E-state index in [1.165, 1.54) is 0 Å². The minimum absolute atomic E-state index is 0.184. The molecule has 0 atom stereocenters. The van der Waals surface area contributed by atoms with Crippen LogP contribution in [0.4, 0.5) is 5.69 Å². The van der Waals surface area contributed by atoms with Gasteiger partial charge in [-0.1, -0.05) is 55.8 Å². The molecule has 28 heavy (non-hydrogen) atoms. The van der Waals surface area contributed by atoms with Crippen LogP contribution in [0.2, 0.25) is 0 Å². The number of nitrogens with one attached hydrogen (secondary N) is 1. The number of carbonyl (C=O) groups is 1. The van der Waals surface area contributed by atoms with Crippen molar-refractivity contribution >= 4 is 11.6 Å². The maximum atomic E-state index is 12.6. The second kappa shape index (κ2) is 10.2. The summed E-state index contributed by atoms with van der Waals surface area (Å²) in [6.07, 6.45) is 2.09. The fourth-order valence-electron chi connectivity index (χ4n) is 2.67. The van der Waals surface area contributed by atoms with Crippen molar-refractivity contribution in [2.75, 3.05) is 11.9 Å². The summed E-state index contributed by atoms with van der Waals surface area (Å²) in [7, 11) is 0. The van der Waals surface area contributed by atoms with Gasteiger partial charge in [-0.25, -0.2) is 0 Å². The summed E-state index contributed by atoms with van der Waals surface area (Å²) in [4.78, 5) is 12.6. The highest BCUT2D eigenvalue weighted by atomic mass is 16.5. The lowest BCUT2D eigenvalue weighted by Gasteiger charge is -2.10. The van der Waals surface area contributed by atoms with Crippen LogP contribution in [0, 0.1) is 0 Å². The number of amides is 1. The van der Waals surface area contributed by atoms with E-state index >= 15 is 0 Å². The van der Waals surface area contributed by atoms with Gasteiger partial charge in [-0.3, -0.25) is 4.79 Å². The fourth-order valence-corrected chi connectivity index (χ4v) is 2.67. The van der Waals surface area contributed by atoms with Crippen molar-refractivity contribution in [3.05, 3.63) is 90.0 Å². The summed E-state index contributed by atoms with van der Waals surface area (Å²) in [5, 5.41) is 2.92. The summed E-state index contributed by atoms with van der Waals surface area (Å²) in [5.74, 6) is 1.23. The predicted octanol–water partition coefficient (Wildman–Crippen LogP) is 5.70. The smallest absolute Gasteiger partial charge is 0.255 e. The molecule has 0 radical (unpaired) electrons. The third kappa shape index (κ3) is 5.88. The minimum Gasteiger partial charge on any atom is -0.494 e. The van der Waals surface area contributed by atoms with Gasteiger partial charge < -0.3 is 14.8 Å². The Morgan fingerprint density at radius 3 is 2.39 bits per heavy atom. The van der Waals surface area contributed by atoms with Crippen LogP contribution in [0.3, 0.4) is 0 Å². The Kier molecular flexibility index (Phi) is 7.08. The Labute approximate surface area is 166 Å². The van der Waals surface area contributed by atoms with Gasteiger partial charge in [-0.2, -0.15) is 0 Å². The molecule has 4 nitrogen and oxygen atoms in total. The van der Waals surface area contributed by atoms with Gasteiger partial charge in [0.15, 0.2) is 0 Å². The van der Waals surface area contributed by atoms with Crippen molar-refractivity contribution in [2.45, 2.75) is 26.4 Å². The number of hydrogen-bond acceptors (Lipinski definition) is 3. The Morgan fingerprint density at radius 1 is 0.857 bits per heavy atom. The first-order valence-electron chi connectivity index (χ1n) is 9.55. The monoisotopic (exact) mass is 375 g/mol. The van der Waals surface area contributed by atoms with Gasteiger partial charge >= 0.3 is 0 Å². The summed E-state index contributed by atoms with van der Waals surface area (Å²) < 4.78 is 11.5. The van der Waals surface area contributed by atoms with Gasteiger partial charge in [0.2, 0.25) is 0 Å². The normalized spacial score (nSPS) is 10.3. The second-order valence-corrected chi connectivity index (χ2v) is 6.49. The van der Waals surface area contributed by atoms with Gasteiger partial charge in [-0.15, -0.1) is 0 Å². The van der Waals surface area contributed by atoms with Crippen LogP contribution >= 0.6 is 0 Å². The van der Waals surface area contributed by atoms with Crippen molar-refractivity contribution in [3.8, 4) is 11.5 Å². The predicted molar refractivity (Wildman–Crippen MR) is 112 cm³/mol. The molecule has 0 aliphatic carbocycles. The summed E-state index contributed by atoms with van der Waals surface area (Å²) >= 11 is 0. The van der Waals surface area contributed by atoms with Gasteiger partial charge in [0.25, 0.3) is 5.91 Å². The lowest BCUT2D eigenvalue weighted by Crippen LogP contribution is -2.12. The summed E-state index contributed by atoms with van der Waals surface area (Å²) in [6.45, 7) is 3.26. The Balaban J connectivity index is 1.60. The van der Waals surface area contributed by atoms with E-state index < -0.39 is 0 Å². The zero-order valence-corrected chi connectivity index (χ0v) is 16.1. The fraction of sp³-hybridized carbons (Fsp3) is 0.208. The first-order valence-corrected chi connectivity index (χ1v) is 9.55. The Hall–Kier alpha value is -3.27. The van der Waals surface area contributed by atoms with Crippen LogP contribution in [0.5, 0.6) is 11.5 Å².